The molecule has 2 rings (SSSR count). The summed E-state index contributed by atoms with van der Waals surface area (Å²) in [7, 11) is 1.70. The van der Waals surface area contributed by atoms with Crippen LogP contribution in [0, 0.1) is 0 Å². The minimum Gasteiger partial charge on any atom is -0.494 e. The zero-order valence-corrected chi connectivity index (χ0v) is 10.1. The fraction of sp³-hybridized carbons (Fsp3) is 0.0833. The minimum atomic E-state index is -0.768. The predicted octanol–water partition coefficient (Wildman–Crippen LogP) is 0.239. The zero-order valence-electron chi connectivity index (χ0n) is 10.1. The van der Waals surface area contributed by atoms with Crippen molar-refractivity contribution in [2.75, 3.05) is 12.1 Å². The summed E-state index contributed by atoms with van der Waals surface area (Å²) < 4.78 is 0. The number of nitrogens with zero attached hydrogens (tertiary/aromatic N) is 2. The summed E-state index contributed by atoms with van der Waals surface area (Å²) in [4.78, 5) is 26.4. The van der Waals surface area contributed by atoms with Crippen molar-refractivity contribution in [3.05, 3.63) is 56.7 Å². The van der Waals surface area contributed by atoms with E-state index in [1.54, 1.807) is 7.05 Å². The van der Waals surface area contributed by atoms with E-state index in [0.29, 0.717) is 0 Å². The Hall–Kier alpha value is -2.83. The Balaban J connectivity index is 2.29. The molecule has 0 aliphatic rings. The minimum absolute atomic E-state index is 0.109. The predicted molar refractivity (Wildman–Crippen MR) is 71.8 cm³/mol. The standard InChI is InChI=1S/C12H12N4O3/c1-16(8-5-3-2-4-6-8)13-7-9-10(17)14-12(19)15-11(9)18/h2-7H,1H3,(H3,14,15,17,18,19)/b13-7+. The van der Waals surface area contributed by atoms with Crippen LogP contribution in [-0.4, -0.2) is 28.3 Å². The number of nitrogens with one attached hydrogen (secondary N) is 2. The first-order valence-electron chi connectivity index (χ1n) is 5.46. The van der Waals surface area contributed by atoms with Gasteiger partial charge in [-0.1, -0.05) is 18.2 Å². The van der Waals surface area contributed by atoms with E-state index in [0.717, 1.165) is 5.69 Å². The lowest BCUT2D eigenvalue weighted by molar-refractivity contribution is 0.447. The maximum Gasteiger partial charge on any atom is 0.328 e. The first-order chi connectivity index (χ1) is 9.08. The van der Waals surface area contributed by atoms with Crippen LogP contribution in [0.2, 0.25) is 0 Å². The molecule has 7 nitrogen and oxygen atoms in total. The van der Waals surface area contributed by atoms with Crippen LogP contribution in [0.3, 0.4) is 0 Å². The van der Waals surface area contributed by atoms with E-state index in [-0.39, 0.29) is 5.56 Å². The number of hydrogen-bond acceptors (Lipinski definition) is 5. The third kappa shape index (κ3) is 2.89. The zero-order chi connectivity index (χ0) is 13.8. The highest BCUT2D eigenvalue weighted by molar-refractivity contribution is 5.82. The number of aromatic amines is 2. The second-order valence-corrected chi connectivity index (χ2v) is 3.77. The van der Waals surface area contributed by atoms with Crippen LogP contribution >= 0.6 is 0 Å². The molecule has 0 unspecified atom stereocenters. The number of hydrazone groups is 1. The van der Waals surface area contributed by atoms with Crippen LogP contribution in [0.4, 0.5) is 5.69 Å². The number of aromatic nitrogens is 2. The average Bonchev–Trinajstić information content (AvgIpc) is 2.38. The number of rotatable bonds is 3. The van der Waals surface area contributed by atoms with Crippen LogP contribution in [0.5, 0.6) is 5.88 Å². The lowest BCUT2D eigenvalue weighted by atomic mass is 10.3. The number of aromatic hydroxyl groups is 1. The van der Waals surface area contributed by atoms with Crippen molar-refractivity contribution >= 4 is 11.9 Å². The Kier molecular flexibility index (Phi) is 3.46. The fourth-order valence-corrected chi connectivity index (χ4v) is 1.46. The molecule has 0 fully saturated rings. The highest BCUT2D eigenvalue weighted by Crippen LogP contribution is 2.11. The smallest absolute Gasteiger partial charge is 0.328 e. The molecule has 0 amide bonds. The Morgan fingerprint density at radius 1 is 1.21 bits per heavy atom. The highest BCUT2D eigenvalue weighted by atomic mass is 16.3. The van der Waals surface area contributed by atoms with Crippen LogP contribution in [0.15, 0.2) is 45.0 Å². The van der Waals surface area contributed by atoms with E-state index in [1.807, 2.05) is 35.3 Å². The summed E-state index contributed by atoms with van der Waals surface area (Å²) in [6, 6.07) is 9.26. The summed E-state index contributed by atoms with van der Waals surface area (Å²) in [6.07, 6.45) is 1.18. The molecule has 0 saturated heterocycles. The van der Waals surface area contributed by atoms with Gasteiger partial charge in [0.15, 0.2) is 0 Å². The Labute approximate surface area is 107 Å². The number of H-pyrrole nitrogens is 2. The quantitative estimate of drug-likeness (QED) is 0.543. The second-order valence-electron chi connectivity index (χ2n) is 3.77. The first kappa shape index (κ1) is 12.6. The molecule has 0 spiro atoms. The highest BCUT2D eigenvalue weighted by Gasteiger charge is 2.06. The molecule has 1 aromatic heterocycles. The molecule has 0 bridgehead atoms. The summed E-state index contributed by atoms with van der Waals surface area (Å²) in [5, 5.41) is 15.0. The van der Waals surface area contributed by atoms with E-state index in [4.69, 9.17) is 0 Å². The van der Waals surface area contributed by atoms with Crippen molar-refractivity contribution in [2.45, 2.75) is 0 Å². The molecule has 19 heavy (non-hydrogen) atoms. The maximum absolute atomic E-state index is 11.5. The molecule has 1 heterocycles. The van der Waals surface area contributed by atoms with Gasteiger partial charge in [-0.2, -0.15) is 5.10 Å². The van der Waals surface area contributed by atoms with Crippen molar-refractivity contribution in [3.63, 3.8) is 0 Å². The van der Waals surface area contributed by atoms with Gasteiger partial charge in [-0.25, -0.2) is 4.79 Å². The van der Waals surface area contributed by atoms with Gasteiger partial charge in [0.05, 0.1) is 11.9 Å². The summed E-state index contributed by atoms with van der Waals surface area (Å²) >= 11 is 0. The first-order valence-corrected chi connectivity index (χ1v) is 5.46. The molecule has 0 aliphatic carbocycles. The third-order valence-corrected chi connectivity index (χ3v) is 2.45. The summed E-state index contributed by atoms with van der Waals surface area (Å²) in [5.74, 6) is -0.515. The van der Waals surface area contributed by atoms with Gasteiger partial charge < -0.3 is 5.11 Å². The molecule has 1 aromatic carbocycles. The Bertz CT molecular complexity index is 703. The number of anilines is 1. The average molecular weight is 260 g/mol. The van der Waals surface area contributed by atoms with Gasteiger partial charge in [0, 0.05) is 7.05 Å². The van der Waals surface area contributed by atoms with Gasteiger partial charge >= 0.3 is 5.69 Å². The van der Waals surface area contributed by atoms with Crippen molar-refractivity contribution < 1.29 is 5.11 Å². The lowest BCUT2D eigenvalue weighted by Crippen LogP contribution is -2.25. The van der Waals surface area contributed by atoms with Gasteiger partial charge in [-0.05, 0) is 12.1 Å². The van der Waals surface area contributed by atoms with Crippen molar-refractivity contribution in [3.8, 4) is 5.88 Å². The van der Waals surface area contributed by atoms with Crippen LogP contribution in [0.25, 0.3) is 0 Å². The normalized spacial score (nSPS) is 10.8. The van der Waals surface area contributed by atoms with E-state index >= 15 is 0 Å². The van der Waals surface area contributed by atoms with Gasteiger partial charge in [0.25, 0.3) is 5.56 Å². The molecule has 98 valence electrons. The largest absolute Gasteiger partial charge is 0.494 e. The van der Waals surface area contributed by atoms with E-state index < -0.39 is 17.1 Å². The molecule has 2 aromatic rings. The summed E-state index contributed by atoms with van der Waals surface area (Å²) in [6.45, 7) is 0. The van der Waals surface area contributed by atoms with E-state index in [2.05, 4.69) is 10.1 Å². The topological polar surface area (TPSA) is 102 Å². The van der Waals surface area contributed by atoms with Crippen LogP contribution < -0.4 is 16.3 Å². The molecule has 0 saturated carbocycles. The lowest BCUT2D eigenvalue weighted by Gasteiger charge is -2.11. The number of benzene rings is 1. The molecule has 3 N–H and O–H groups in total. The van der Waals surface area contributed by atoms with Crippen molar-refractivity contribution in [1.29, 1.82) is 0 Å². The SMILES string of the molecule is CN(/N=C/c1c(O)[nH]c(=O)[nH]c1=O)c1ccccc1. The van der Waals surface area contributed by atoms with Gasteiger partial charge in [-0.15, -0.1) is 0 Å². The van der Waals surface area contributed by atoms with Gasteiger partial charge in [0.2, 0.25) is 5.88 Å². The monoisotopic (exact) mass is 260 g/mol. The van der Waals surface area contributed by atoms with Crippen LogP contribution in [0.1, 0.15) is 5.56 Å². The van der Waals surface area contributed by atoms with Crippen LogP contribution in [-0.2, 0) is 0 Å². The summed E-state index contributed by atoms with van der Waals surface area (Å²) in [5.41, 5.74) is -0.760. The maximum atomic E-state index is 11.5. The van der Waals surface area contributed by atoms with E-state index in [9.17, 15) is 14.7 Å². The third-order valence-electron chi connectivity index (χ3n) is 2.45. The van der Waals surface area contributed by atoms with Gasteiger partial charge in [-0.3, -0.25) is 19.8 Å². The van der Waals surface area contributed by atoms with E-state index in [1.165, 1.54) is 11.2 Å². The molecular weight excluding hydrogens is 248 g/mol. The molecule has 7 heteroatoms. The fourth-order valence-electron chi connectivity index (χ4n) is 1.46. The molecular formula is C12H12N4O3. The van der Waals surface area contributed by atoms with Gasteiger partial charge in [0.1, 0.15) is 5.56 Å². The molecule has 0 radical (unpaired) electrons. The number of hydrogen-bond donors (Lipinski definition) is 3. The molecule has 0 aliphatic heterocycles. The second kappa shape index (κ2) is 5.21. The molecule has 0 atom stereocenters. The Morgan fingerprint density at radius 2 is 1.89 bits per heavy atom. The van der Waals surface area contributed by atoms with Crippen molar-refractivity contribution in [2.24, 2.45) is 5.10 Å². The number of para-hydroxylation sites is 1. The Morgan fingerprint density at radius 3 is 2.53 bits per heavy atom. The van der Waals surface area contributed by atoms with Crippen molar-refractivity contribution in [1.82, 2.24) is 9.97 Å².